The number of hydrogen-bond acceptors (Lipinski definition) is 0. The third kappa shape index (κ3) is 2.32. The molecule has 20 heavy (non-hydrogen) atoms. The largest absolute Gasteiger partial charge is 0.0905 e. The molecule has 0 saturated carbocycles. The van der Waals surface area contributed by atoms with Gasteiger partial charge in [-0.15, -0.1) is 0 Å². The molecule has 0 N–H and O–H groups in total. The molecule has 1 heteroatoms. The van der Waals surface area contributed by atoms with E-state index in [-0.39, 0.29) is 0 Å². The molecule has 0 amide bonds. The minimum absolute atomic E-state index is 0.735. The maximum atomic E-state index is 6.07. The van der Waals surface area contributed by atoms with Crippen molar-refractivity contribution in [3.8, 4) is 0 Å². The van der Waals surface area contributed by atoms with Crippen LogP contribution in [0.2, 0.25) is 5.02 Å². The lowest BCUT2D eigenvalue weighted by atomic mass is 9.97. The van der Waals surface area contributed by atoms with Gasteiger partial charge in [0.05, 0.1) is 0 Å². The molecule has 3 rings (SSSR count). The lowest BCUT2D eigenvalue weighted by Crippen LogP contribution is -2.23. The molecule has 0 radical (unpaired) electrons. The van der Waals surface area contributed by atoms with Crippen molar-refractivity contribution in [2.45, 2.75) is 20.8 Å². The van der Waals surface area contributed by atoms with Gasteiger partial charge in [0.1, 0.15) is 0 Å². The molecule has 0 aliphatic rings. The van der Waals surface area contributed by atoms with Crippen molar-refractivity contribution in [1.29, 1.82) is 0 Å². The molecule has 0 aromatic heterocycles. The van der Waals surface area contributed by atoms with E-state index in [1.165, 1.54) is 21.7 Å². The van der Waals surface area contributed by atoms with Gasteiger partial charge < -0.3 is 0 Å². The lowest BCUT2D eigenvalue weighted by molar-refractivity contribution is 1.50. The number of halogens is 1. The Kier molecular flexibility index (Phi) is 4.15. The van der Waals surface area contributed by atoms with Crippen LogP contribution in [0.3, 0.4) is 0 Å². The van der Waals surface area contributed by atoms with E-state index in [1.54, 1.807) is 0 Å². The topological polar surface area (TPSA) is 0 Å². The van der Waals surface area contributed by atoms with Crippen molar-refractivity contribution in [2.75, 3.05) is 0 Å². The Morgan fingerprint density at radius 3 is 1.85 bits per heavy atom. The highest BCUT2D eigenvalue weighted by atomic mass is 35.5. The van der Waals surface area contributed by atoms with Crippen LogP contribution in [0.5, 0.6) is 0 Å². The van der Waals surface area contributed by atoms with Crippen molar-refractivity contribution in [3.63, 3.8) is 0 Å². The van der Waals surface area contributed by atoms with Crippen LogP contribution in [0.1, 0.15) is 19.4 Å². The van der Waals surface area contributed by atoms with Crippen LogP contribution < -0.4 is 10.4 Å². The zero-order valence-electron chi connectivity index (χ0n) is 12.3. The van der Waals surface area contributed by atoms with E-state index in [4.69, 9.17) is 11.6 Å². The van der Waals surface area contributed by atoms with Gasteiger partial charge in [-0.05, 0) is 51.0 Å². The normalized spacial score (nSPS) is 10.4. The monoisotopic (exact) mass is 282 g/mol. The van der Waals surface area contributed by atoms with E-state index in [1.807, 2.05) is 26.0 Å². The fourth-order valence-corrected chi connectivity index (χ4v) is 2.64. The Balaban J connectivity index is 0.000000704. The number of fused-ring (bicyclic) bond motifs is 3. The van der Waals surface area contributed by atoms with Crippen molar-refractivity contribution in [2.24, 2.45) is 0 Å². The van der Waals surface area contributed by atoms with Gasteiger partial charge in [0.25, 0.3) is 0 Å². The fourth-order valence-electron chi connectivity index (χ4n) is 2.47. The number of rotatable bonds is 0. The van der Waals surface area contributed by atoms with Gasteiger partial charge in [-0.2, -0.15) is 0 Å². The first kappa shape index (κ1) is 14.6. The quantitative estimate of drug-likeness (QED) is 0.520. The van der Waals surface area contributed by atoms with Gasteiger partial charge in [0.2, 0.25) is 0 Å². The molecule has 0 fully saturated rings. The molecule has 0 aliphatic carbocycles. The molecule has 102 valence electrons. The molecule has 0 heterocycles. The van der Waals surface area contributed by atoms with Gasteiger partial charge in [-0.25, -0.2) is 0 Å². The molecule has 0 saturated heterocycles. The van der Waals surface area contributed by atoms with Gasteiger partial charge in [0.15, 0.2) is 0 Å². The average Bonchev–Trinajstić information content (AvgIpc) is 2.47. The first-order valence-corrected chi connectivity index (χ1v) is 7.25. The van der Waals surface area contributed by atoms with E-state index in [0.717, 1.165) is 20.8 Å². The van der Waals surface area contributed by atoms with E-state index in [0.29, 0.717) is 0 Å². The Hall–Kier alpha value is -1.79. The molecular weight excluding hydrogens is 264 g/mol. The summed E-state index contributed by atoms with van der Waals surface area (Å²) in [4.78, 5) is 0. The Morgan fingerprint density at radius 1 is 0.750 bits per heavy atom. The van der Waals surface area contributed by atoms with Crippen molar-refractivity contribution >= 4 is 46.3 Å². The maximum absolute atomic E-state index is 6.07. The maximum Gasteiger partial charge on any atom is 0.0412 e. The van der Waals surface area contributed by atoms with E-state index in [2.05, 4.69) is 44.3 Å². The minimum atomic E-state index is 0.735. The molecule has 0 nitrogen and oxygen atoms in total. The summed E-state index contributed by atoms with van der Waals surface area (Å²) in [7, 11) is 0. The number of aryl methyl sites for hydroxylation is 1. The fraction of sp³-hybridized carbons (Fsp3) is 0.158. The van der Waals surface area contributed by atoms with Crippen molar-refractivity contribution in [3.05, 3.63) is 57.4 Å². The second-order valence-corrected chi connectivity index (χ2v) is 5.13. The first-order chi connectivity index (χ1) is 9.58. The highest BCUT2D eigenvalue weighted by Crippen LogP contribution is 2.23. The van der Waals surface area contributed by atoms with Gasteiger partial charge in [-0.1, -0.05) is 68.4 Å². The summed E-state index contributed by atoms with van der Waals surface area (Å²) in [6.45, 7) is 14.4. The predicted molar refractivity (Wildman–Crippen MR) is 92.8 cm³/mol. The number of hydrogen-bond donors (Lipinski definition) is 0. The molecule has 0 unspecified atom stereocenters. The van der Waals surface area contributed by atoms with E-state index < -0.39 is 0 Å². The lowest BCUT2D eigenvalue weighted by Gasteiger charge is -2.07. The highest BCUT2D eigenvalue weighted by Gasteiger charge is 2.04. The smallest absolute Gasteiger partial charge is 0.0412 e. The highest BCUT2D eigenvalue weighted by molar-refractivity contribution is 6.31. The van der Waals surface area contributed by atoms with Crippen LogP contribution in [-0.4, -0.2) is 0 Å². The SMILES string of the molecule is C=c1c(=C)c2cc(Cl)ccc2c2ccc(C)cc12.CC. The van der Waals surface area contributed by atoms with Crippen LogP contribution in [0.4, 0.5) is 0 Å². The van der Waals surface area contributed by atoms with Gasteiger partial charge >= 0.3 is 0 Å². The number of benzene rings is 3. The minimum Gasteiger partial charge on any atom is -0.0905 e. The van der Waals surface area contributed by atoms with Crippen molar-refractivity contribution in [1.82, 2.24) is 0 Å². The zero-order valence-corrected chi connectivity index (χ0v) is 13.0. The predicted octanol–water partition coefficient (Wildman–Crippen LogP) is 4.80. The first-order valence-electron chi connectivity index (χ1n) is 6.87. The summed E-state index contributed by atoms with van der Waals surface area (Å²) in [5.74, 6) is 0. The molecule has 0 bridgehead atoms. The third-order valence-corrected chi connectivity index (χ3v) is 3.70. The van der Waals surface area contributed by atoms with Crippen LogP contribution >= 0.6 is 11.6 Å². The summed E-state index contributed by atoms with van der Waals surface area (Å²) in [5.41, 5.74) is 1.24. The third-order valence-electron chi connectivity index (χ3n) is 3.46. The van der Waals surface area contributed by atoms with Gasteiger partial charge in [-0.3, -0.25) is 0 Å². The van der Waals surface area contributed by atoms with Gasteiger partial charge in [0, 0.05) is 5.02 Å². The molecule has 0 atom stereocenters. The van der Waals surface area contributed by atoms with E-state index in [9.17, 15) is 0 Å². The van der Waals surface area contributed by atoms with Crippen molar-refractivity contribution < 1.29 is 0 Å². The average molecular weight is 283 g/mol. The summed E-state index contributed by atoms with van der Waals surface area (Å²) in [6.07, 6.45) is 0. The summed E-state index contributed by atoms with van der Waals surface area (Å²) < 4.78 is 0. The van der Waals surface area contributed by atoms with Crippen LogP contribution in [-0.2, 0) is 0 Å². The molecule has 0 spiro atoms. The second-order valence-electron chi connectivity index (χ2n) is 4.70. The Bertz CT molecular complexity index is 801. The standard InChI is InChI=1S/C17H13Cl.C2H6/c1-10-4-6-14-15-7-5-13(18)9-17(15)12(3)11(2)16(14)8-10;1-2/h4-9H,2-3H2,1H3;1-2H3. The van der Waals surface area contributed by atoms with Crippen LogP contribution in [0.25, 0.3) is 34.7 Å². The zero-order chi connectivity index (χ0) is 14.9. The molecule has 0 aliphatic heterocycles. The summed E-state index contributed by atoms with van der Waals surface area (Å²) in [6, 6.07) is 12.4. The Morgan fingerprint density at radius 2 is 1.25 bits per heavy atom. The van der Waals surface area contributed by atoms with E-state index >= 15 is 0 Å². The summed E-state index contributed by atoms with van der Waals surface area (Å²) in [5, 5.41) is 7.35. The molecule has 3 aromatic rings. The summed E-state index contributed by atoms with van der Waals surface area (Å²) >= 11 is 6.07. The van der Waals surface area contributed by atoms with Crippen LogP contribution in [0.15, 0.2) is 36.4 Å². The Labute approximate surface area is 125 Å². The molecular formula is C19H19Cl. The molecule has 3 aromatic carbocycles. The van der Waals surface area contributed by atoms with Crippen LogP contribution in [0, 0.1) is 6.92 Å². The second kappa shape index (κ2) is 5.68.